The number of hydrazone groups is 1. The van der Waals surface area contributed by atoms with Crippen LogP contribution in [0.5, 0.6) is 5.75 Å². The molecule has 0 unspecified atom stereocenters. The van der Waals surface area contributed by atoms with Gasteiger partial charge in [0.15, 0.2) is 5.84 Å². The molecular weight excluding hydrogens is 331 g/mol. The minimum Gasteiger partial charge on any atom is -0.488 e. The van der Waals surface area contributed by atoms with Crippen LogP contribution in [0.4, 0.5) is 4.39 Å². The molecule has 1 aromatic heterocycles. The first-order chi connectivity index (χ1) is 12.7. The lowest BCUT2D eigenvalue weighted by atomic mass is 10.1. The van der Waals surface area contributed by atoms with Crippen LogP contribution in [-0.4, -0.2) is 34.0 Å². The third-order valence-electron chi connectivity index (χ3n) is 3.91. The highest BCUT2D eigenvalue weighted by Crippen LogP contribution is 2.21. The van der Waals surface area contributed by atoms with Crippen LogP contribution in [0.3, 0.4) is 0 Å². The largest absolute Gasteiger partial charge is 0.488 e. The lowest BCUT2D eigenvalue weighted by Gasteiger charge is -2.17. The van der Waals surface area contributed by atoms with Gasteiger partial charge in [-0.05, 0) is 36.8 Å². The Balaban J connectivity index is 1.91. The summed E-state index contributed by atoms with van der Waals surface area (Å²) in [6.07, 6.45) is 5.27. The van der Waals surface area contributed by atoms with Gasteiger partial charge in [0.1, 0.15) is 24.5 Å². The van der Waals surface area contributed by atoms with E-state index >= 15 is 0 Å². The van der Waals surface area contributed by atoms with Crippen LogP contribution in [0.1, 0.15) is 18.1 Å². The van der Waals surface area contributed by atoms with Gasteiger partial charge in [0.25, 0.3) is 0 Å². The molecule has 3 rings (SSSR count). The molecule has 0 N–H and O–H groups in total. The van der Waals surface area contributed by atoms with Gasteiger partial charge in [-0.15, -0.1) is 0 Å². The topological polar surface area (TPSA) is 42.6 Å². The Morgan fingerprint density at radius 2 is 1.96 bits per heavy atom. The molecule has 0 aliphatic heterocycles. The van der Waals surface area contributed by atoms with E-state index in [2.05, 4.69) is 10.1 Å². The van der Waals surface area contributed by atoms with E-state index in [0.29, 0.717) is 12.4 Å². The lowest BCUT2D eigenvalue weighted by Crippen LogP contribution is -2.20. The Hall–Kier alpha value is -3.15. The Morgan fingerprint density at radius 1 is 1.19 bits per heavy atom. The maximum atomic E-state index is 13.1. The molecule has 0 amide bonds. The van der Waals surface area contributed by atoms with Gasteiger partial charge < -0.3 is 4.74 Å². The number of hydrogen-bond acceptors (Lipinski definition) is 4. The summed E-state index contributed by atoms with van der Waals surface area (Å²) >= 11 is 0. The fourth-order valence-electron chi connectivity index (χ4n) is 2.38. The second kappa shape index (κ2) is 8.29. The zero-order valence-electron chi connectivity index (χ0n) is 14.8. The molecule has 134 valence electrons. The molecule has 0 atom stereocenters. The molecule has 5 nitrogen and oxygen atoms in total. The van der Waals surface area contributed by atoms with E-state index in [4.69, 9.17) is 4.74 Å². The van der Waals surface area contributed by atoms with Gasteiger partial charge in [0.2, 0.25) is 0 Å². The second-order valence-corrected chi connectivity index (χ2v) is 5.78. The molecule has 0 bridgehead atoms. The Bertz CT molecular complexity index is 860. The van der Waals surface area contributed by atoms with Crippen LogP contribution in [-0.2, 0) is 6.61 Å². The Labute approximate surface area is 152 Å². The van der Waals surface area contributed by atoms with Gasteiger partial charge in [-0.25, -0.2) is 9.37 Å². The highest BCUT2D eigenvalue weighted by Gasteiger charge is 2.13. The van der Waals surface area contributed by atoms with Gasteiger partial charge in [-0.2, -0.15) is 5.10 Å². The van der Waals surface area contributed by atoms with E-state index in [1.54, 1.807) is 24.7 Å². The van der Waals surface area contributed by atoms with Crippen molar-refractivity contribution in [2.45, 2.75) is 13.5 Å². The van der Waals surface area contributed by atoms with E-state index in [-0.39, 0.29) is 5.82 Å². The van der Waals surface area contributed by atoms with Gasteiger partial charge in [0.05, 0.1) is 5.56 Å². The molecule has 0 saturated heterocycles. The third kappa shape index (κ3) is 4.27. The number of halogens is 1. The zero-order valence-corrected chi connectivity index (χ0v) is 14.8. The molecule has 0 aliphatic carbocycles. The minimum atomic E-state index is -0.258. The van der Waals surface area contributed by atoms with Crippen LogP contribution in [0.15, 0.2) is 72.4 Å². The van der Waals surface area contributed by atoms with Crippen molar-refractivity contribution >= 4 is 5.84 Å². The fraction of sp³-hybridized carbons (Fsp3) is 0.200. The maximum absolute atomic E-state index is 13.1. The Morgan fingerprint density at radius 3 is 2.65 bits per heavy atom. The lowest BCUT2D eigenvalue weighted by molar-refractivity contribution is 0.305. The van der Waals surface area contributed by atoms with Crippen molar-refractivity contribution in [2.75, 3.05) is 13.6 Å². The molecule has 2 aromatic carbocycles. The van der Waals surface area contributed by atoms with Crippen molar-refractivity contribution in [3.8, 4) is 5.75 Å². The summed E-state index contributed by atoms with van der Waals surface area (Å²) in [5.74, 6) is 1.17. The number of para-hydroxylation sites is 1. The summed E-state index contributed by atoms with van der Waals surface area (Å²) in [5, 5.41) is 6.53. The first-order valence-corrected chi connectivity index (χ1v) is 8.42. The molecule has 26 heavy (non-hydrogen) atoms. The predicted molar refractivity (Wildman–Crippen MR) is 99.6 cm³/mol. The van der Waals surface area contributed by atoms with E-state index in [9.17, 15) is 4.39 Å². The molecule has 0 fully saturated rings. The van der Waals surface area contributed by atoms with Crippen molar-refractivity contribution in [1.29, 1.82) is 0 Å². The summed E-state index contributed by atoms with van der Waals surface area (Å²) in [4.78, 5) is 4.12. The number of aromatic nitrogens is 2. The van der Waals surface area contributed by atoms with Crippen molar-refractivity contribution in [3.05, 3.63) is 84.2 Å². The van der Waals surface area contributed by atoms with Gasteiger partial charge >= 0.3 is 0 Å². The summed E-state index contributed by atoms with van der Waals surface area (Å²) in [6, 6.07) is 14.0. The van der Waals surface area contributed by atoms with E-state index in [0.717, 1.165) is 23.5 Å². The van der Waals surface area contributed by atoms with Crippen LogP contribution in [0.2, 0.25) is 0 Å². The molecule has 3 aromatic rings. The van der Waals surface area contributed by atoms with Crippen molar-refractivity contribution in [2.24, 2.45) is 5.10 Å². The number of rotatable bonds is 6. The van der Waals surface area contributed by atoms with Gasteiger partial charge in [-0.1, -0.05) is 24.3 Å². The van der Waals surface area contributed by atoms with Gasteiger partial charge in [0, 0.05) is 26.0 Å². The molecule has 0 radical (unpaired) electrons. The van der Waals surface area contributed by atoms with Crippen LogP contribution in [0, 0.1) is 5.82 Å². The standard InChI is InChI=1S/C20H21FN4O/c1-3-24(2)23-20(25-13-12-22-15-25)18-6-4-5-7-19(18)26-14-16-8-10-17(21)11-9-16/h4-13,15H,3,14H2,1-2H3. The third-order valence-corrected chi connectivity index (χ3v) is 3.91. The summed E-state index contributed by atoms with van der Waals surface area (Å²) in [5.41, 5.74) is 1.75. The predicted octanol–water partition coefficient (Wildman–Crippen LogP) is 3.76. The number of nitrogens with zero attached hydrogens (tertiary/aromatic N) is 4. The van der Waals surface area contributed by atoms with Crippen molar-refractivity contribution in [3.63, 3.8) is 0 Å². The van der Waals surface area contributed by atoms with E-state index in [1.807, 2.05) is 54.0 Å². The fourth-order valence-corrected chi connectivity index (χ4v) is 2.38. The SMILES string of the molecule is CCN(C)N=C(c1ccccc1OCc1ccc(F)cc1)n1ccnc1. The first kappa shape index (κ1) is 17.7. The number of benzene rings is 2. The van der Waals surface area contributed by atoms with Crippen molar-refractivity contribution < 1.29 is 9.13 Å². The van der Waals surface area contributed by atoms with E-state index < -0.39 is 0 Å². The maximum Gasteiger partial charge on any atom is 0.169 e. The van der Waals surface area contributed by atoms with Gasteiger partial charge in [-0.3, -0.25) is 9.58 Å². The quantitative estimate of drug-likeness (QED) is 0.385. The average molecular weight is 352 g/mol. The highest BCUT2D eigenvalue weighted by atomic mass is 19.1. The minimum absolute atomic E-state index is 0.258. The monoisotopic (exact) mass is 352 g/mol. The summed E-state index contributed by atoms with van der Waals surface area (Å²) in [6.45, 7) is 3.15. The first-order valence-electron chi connectivity index (χ1n) is 8.42. The smallest absolute Gasteiger partial charge is 0.169 e. The second-order valence-electron chi connectivity index (χ2n) is 5.78. The normalized spacial score (nSPS) is 11.4. The van der Waals surface area contributed by atoms with Crippen LogP contribution < -0.4 is 4.74 Å². The molecule has 1 heterocycles. The molecular formula is C20H21FN4O. The Kier molecular flexibility index (Phi) is 5.63. The molecule has 6 heteroatoms. The summed E-state index contributed by atoms with van der Waals surface area (Å²) < 4.78 is 20.9. The van der Waals surface area contributed by atoms with E-state index in [1.165, 1.54) is 12.1 Å². The van der Waals surface area contributed by atoms with Crippen LogP contribution in [0.25, 0.3) is 0 Å². The molecule has 0 aliphatic rings. The average Bonchev–Trinajstić information content (AvgIpc) is 3.20. The molecule has 0 spiro atoms. The zero-order chi connectivity index (χ0) is 18.4. The number of hydrogen-bond donors (Lipinski definition) is 0. The number of ether oxygens (including phenoxy) is 1. The van der Waals surface area contributed by atoms with Crippen molar-refractivity contribution in [1.82, 2.24) is 14.6 Å². The number of imidazole rings is 1. The summed E-state index contributed by atoms with van der Waals surface area (Å²) in [7, 11) is 1.92. The van der Waals surface area contributed by atoms with Crippen LogP contribution >= 0.6 is 0 Å². The molecule has 0 saturated carbocycles. The highest BCUT2D eigenvalue weighted by molar-refractivity contribution is 6.02.